The van der Waals surface area contributed by atoms with Gasteiger partial charge in [0, 0.05) is 4.90 Å². The second-order valence-electron chi connectivity index (χ2n) is 3.85. The number of thioether (sulfide) groups is 1. The SMILES string of the molecule is CSc1ccccc1CC(=O)n1ncc(C#N)c1N. The first-order valence-electron chi connectivity index (χ1n) is 5.56. The lowest BCUT2D eigenvalue weighted by Crippen LogP contribution is -2.17. The molecule has 0 saturated carbocycles. The predicted molar refractivity (Wildman–Crippen MR) is 73.9 cm³/mol. The van der Waals surface area contributed by atoms with Gasteiger partial charge >= 0.3 is 0 Å². The van der Waals surface area contributed by atoms with Crippen LogP contribution < -0.4 is 5.73 Å². The number of nitriles is 1. The Balaban J connectivity index is 2.26. The summed E-state index contributed by atoms with van der Waals surface area (Å²) in [6.07, 6.45) is 3.46. The summed E-state index contributed by atoms with van der Waals surface area (Å²) in [7, 11) is 0. The summed E-state index contributed by atoms with van der Waals surface area (Å²) in [4.78, 5) is 13.2. The summed E-state index contributed by atoms with van der Waals surface area (Å²) in [6, 6.07) is 9.56. The maximum Gasteiger partial charge on any atom is 0.253 e. The van der Waals surface area contributed by atoms with Gasteiger partial charge in [-0.2, -0.15) is 15.0 Å². The highest BCUT2D eigenvalue weighted by Crippen LogP contribution is 2.21. The minimum atomic E-state index is -0.250. The van der Waals surface area contributed by atoms with Gasteiger partial charge in [0.15, 0.2) is 0 Å². The van der Waals surface area contributed by atoms with Crippen molar-refractivity contribution in [2.45, 2.75) is 11.3 Å². The largest absolute Gasteiger partial charge is 0.382 e. The van der Waals surface area contributed by atoms with E-state index in [2.05, 4.69) is 5.10 Å². The average Bonchev–Trinajstić information content (AvgIpc) is 2.80. The molecule has 0 amide bonds. The normalized spacial score (nSPS) is 10.1. The zero-order valence-electron chi connectivity index (χ0n) is 10.3. The van der Waals surface area contributed by atoms with Crippen LogP contribution in [0.4, 0.5) is 5.82 Å². The molecule has 0 radical (unpaired) electrons. The maximum atomic E-state index is 12.1. The average molecular weight is 272 g/mol. The van der Waals surface area contributed by atoms with Gasteiger partial charge in [0.2, 0.25) is 0 Å². The third-order valence-electron chi connectivity index (χ3n) is 2.70. The number of benzene rings is 1. The molecule has 2 N–H and O–H groups in total. The van der Waals surface area contributed by atoms with E-state index in [1.165, 1.54) is 6.20 Å². The van der Waals surface area contributed by atoms with Crippen LogP contribution >= 0.6 is 11.8 Å². The molecule has 2 rings (SSSR count). The standard InChI is InChI=1S/C13H12N4OS/c1-19-11-5-3-2-4-9(11)6-12(18)17-13(15)10(7-14)8-16-17/h2-5,8H,6,15H2,1H3. The van der Waals surface area contributed by atoms with Gasteiger partial charge in [-0.05, 0) is 17.9 Å². The first-order chi connectivity index (χ1) is 9.17. The summed E-state index contributed by atoms with van der Waals surface area (Å²) in [5, 5.41) is 12.6. The first kappa shape index (κ1) is 13.2. The Labute approximate surface area is 115 Å². The zero-order chi connectivity index (χ0) is 13.8. The van der Waals surface area contributed by atoms with Crippen LogP contribution in [0.3, 0.4) is 0 Å². The monoisotopic (exact) mass is 272 g/mol. The molecule has 0 atom stereocenters. The van der Waals surface area contributed by atoms with E-state index in [4.69, 9.17) is 11.0 Å². The summed E-state index contributed by atoms with van der Waals surface area (Å²) >= 11 is 1.58. The van der Waals surface area contributed by atoms with Crippen molar-refractivity contribution in [3.63, 3.8) is 0 Å². The Hall–Kier alpha value is -2.26. The number of nitrogens with zero attached hydrogens (tertiary/aromatic N) is 3. The van der Waals surface area contributed by atoms with Crippen LogP contribution in [0.15, 0.2) is 35.4 Å². The zero-order valence-corrected chi connectivity index (χ0v) is 11.1. The fraction of sp³-hybridized carbons (Fsp3) is 0.154. The minimum Gasteiger partial charge on any atom is -0.382 e. The van der Waals surface area contributed by atoms with E-state index >= 15 is 0 Å². The van der Waals surface area contributed by atoms with Crippen LogP contribution in [-0.4, -0.2) is 21.9 Å². The minimum absolute atomic E-state index is 0.0918. The fourth-order valence-electron chi connectivity index (χ4n) is 1.73. The van der Waals surface area contributed by atoms with Gasteiger partial charge in [-0.1, -0.05) is 18.2 Å². The van der Waals surface area contributed by atoms with Crippen LogP contribution in [0.25, 0.3) is 0 Å². The molecule has 6 heteroatoms. The molecular weight excluding hydrogens is 260 g/mol. The van der Waals surface area contributed by atoms with Crippen LogP contribution in [0.1, 0.15) is 15.9 Å². The van der Waals surface area contributed by atoms with Crippen LogP contribution in [0.2, 0.25) is 0 Å². The summed E-state index contributed by atoms with van der Waals surface area (Å²) in [5.41, 5.74) is 6.83. The molecule has 5 nitrogen and oxygen atoms in total. The van der Waals surface area contributed by atoms with E-state index in [0.29, 0.717) is 0 Å². The Kier molecular flexibility index (Phi) is 3.88. The Morgan fingerprint density at radius 2 is 2.26 bits per heavy atom. The lowest BCUT2D eigenvalue weighted by molar-refractivity contribution is 0.0901. The van der Waals surface area contributed by atoms with Crippen molar-refractivity contribution in [3.05, 3.63) is 41.6 Å². The van der Waals surface area contributed by atoms with Crippen LogP contribution in [-0.2, 0) is 6.42 Å². The number of carbonyl (C=O) groups is 1. The van der Waals surface area contributed by atoms with E-state index in [1.807, 2.05) is 36.6 Å². The number of nitrogens with two attached hydrogens (primary N) is 1. The number of aromatic nitrogens is 2. The second-order valence-corrected chi connectivity index (χ2v) is 4.70. The highest BCUT2D eigenvalue weighted by atomic mass is 32.2. The van der Waals surface area contributed by atoms with Gasteiger partial charge in [0.05, 0.1) is 12.6 Å². The molecule has 0 saturated heterocycles. The van der Waals surface area contributed by atoms with E-state index in [0.717, 1.165) is 15.1 Å². The smallest absolute Gasteiger partial charge is 0.253 e. The third-order valence-corrected chi connectivity index (χ3v) is 3.54. The van der Waals surface area contributed by atoms with E-state index in [1.54, 1.807) is 11.8 Å². The van der Waals surface area contributed by atoms with Crippen LogP contribution in [0.5, 0.6) is 0 Å². The molecule has 1 heterocycles. The highest BCUT2D eigenvalue weighted by molar-refractivity contribution is 7.98. The maximum absolute atomic E-state index is 12.1. The fourth-order valence-corrected chi connectivity index (χ4v) is 2.35. The molecule has 19 heavy (non-hydrogen) atoms. The molecule has 2 aromatic rings. The number of nitrogen functional groups attached to an aromatic ring is 1. The molecule has 96 valence electrons. The Morgan fingerprint density at radius 3 is 2.89 bits per heavy atom. The van der Waals surface area contributed by atoms with Gasteiger partial charge in [0.25, 0.3) is 5.91 Å². The lowest BCUT2D eigenvalue weighted by Gasteiger charge is -2.07. The molecule has 1 aromatic heterocycles. The van der Waals surface area contributed by atoms with Gasteiger partial charge < -0.3 is 5.73 Å². The van der Waals surface area contributed by atoms with Gasteiger partial charge in [0.1, 0.15) is 17.5 Å². The molecule has 0 aliphatic rings. The summed E-state index contributed by atoms with van der Waals surface area (Å²) in [6.45, 7) is 0. The topological polar surface area (TPSA) is 84.7 Å². The van der Waals surface area contributed by atoms with Crippen molar-refractivity contribution in [2.24, 2.45) is 0 Å². The first-order valence-corrected chi connectivity index (χ1v) is 6.78. The summed E-state index contributed by atoms with van der Waals surface area (Å²) in [5.74, 6) is -0.158. The number of anilines is 1. The third kappa shape index (κ3) is 2.61. The molecule has 0 unspecified atom stereocenters. The molecule has 0 spiro atoms. The van der Waals surface area contributed by atoms with Gasteiger partial charge in [-0.3, -0.25) is 4.79 Å². The molecule has 0 aliphatic carbocycles. The van der Waals surface area contributed by atoms with E-state index in [-0.39, 0.29) is 23.7 Å². The number of rotatable bonds is 3. The Bertz CT molecular complexity index is 657. The van der Waals surface area contributed by atoms with Gasteiger partial charge in [-0.25, -0.2) is 0 Å². The number of hydrogen-bond acceptors (Lipinski definition) is 5. The van der Waals surface area contributed by atoms with E-state index in [9.17, 15) is 4.79 Å². The predicted octanol–water partition coefficient (Wildman–Crippen LogP) is 1.94. The highest BCUT2D eigenvalue weighted by Gasteiger charge is 2.15. The lowest BCUT2D eigenvalue weighted by atomic mass is 10.1. The van der Waals surface area contributed by atoms with Crippen LogP contribution in [0, 0.1) is 11.3 Å². The van der Waals surface area contributed by atoms with Crippen molar-refractivity contribution >= 4 is 23.5 Å². The molecule has 1 aromatic carbocycles. The van der Waals surface area contributed by atoms with E-state index < -0.39 is 0 Å². The molecule has 0 aliphatic heterocycles. The molecule has 0 fully saturated rings. The number of carbonyl (C=O) groups excluding carboxylic acids is 1. The summed E-state index contributed by atoms with van der Waals surface area (Å²) < 4.78 is 1.08. The van der Waals surface area contributed by atoms with Crippen molar-refractivity contribution in [2.75, 3.05) is 12.0 Å². The molecule has 0 bridgehead atoms. The van der Waals surface area contributed by atoms with Crippen molar-refractivity contribution < 1.29 is 4.79 Å². The van der Waals surface area contributed by atoms with Gasteiger partial charge in [-0.15, -0.1) is 11.8 Å². The molecular formula is C13H12N4OS. The van der Waals surface area contributed by atoms with Crippen molar-refractivity contribution in [1.82, 2.24) is 9.78 Å². The Morgan fingerprint density at radius 1 is 1.53 bits per heavy atom. The van der Waals surface area contributed by atoms with Crippen molar-refractivity contribution in [1.29, 1.82) is 5.26 Å². The number of hydrogen-bond donors (Lipinski definition) is 1. The van der Waals surface area contributed by atoms with Crippen molar-refractivity contribution in [3.8, 4) is 6.07 Å². The second kappa shape index (κ2) is 5.59. The quantitative estimate of drug-likeness (QED) is 0.863.